The highest BCUT2D eigenvalue weighted by atomic mass is 32.3. The minimum atomic E-state index is -4.78. The summed E-state index contributed by atoms with van der Waals surface area (Å²) in [7, 11) is -3.50. The summed E-state index contributed by atoms with van der Waals surface area (Å²) in [5.41, 5.74) is 0.755. The highest BCUT2D eigenvalue weighted by Crippen LogP contribution is 2.67. The molecular formula is C45H76O19S. The summed E-state index contributed by atoms with van der Waals surface area (Å²) in [6.07, 6.45) is -13.9. The lowest BCUT2D eigenvalue weighted by molar-refractivity contribution is -0.381. The van der Waals surface area contributed by atoms with Crippen LogP contribution in [0.5, 0.6) is 0 Å². The average Bonchev–Trinajstić information content (AvgIpc) is 3.61. The predicted molar refractivity (Wildman–Crippen MR) is 228 cm³/mol. The van der Waals surface area contributed by atoms with Crippen molar-refractivity contribution in [1.82, 2.24) is 0 Å². The molecule has 3 heterocycles. The van der Waals surface area contributed by atoms with Gasteiger partial charge in [-0.2, -0.15) is 8.42 Å². The largest absolute Gasteiger partial charge is 0.397 e. The van der Waals surface area contributed by atoms with Crippen molar-refractivity contribution < 1.29 is 91.2 Å². The van der Waals surface area contributed by atoms with Gasteiger partial charge >= 0.3 is 10.4 Å². The van der Waals surface area contributed by atoms with Crippen molar-refractivity contribution in [3.05, 3.63) is 11.6 Å². The molecule has 24 unspecified atom stereocenters. The molecule has 0 aromatic heterocycles. The fraction of sp³-hybridized carbons (Fsp3) is 0.956. The van der Waals surface area contributed by atoms with E-state index in [0.29, 0.717) is 31.1 Å². The van der Waals surface area contributed by atoms with Gasteiger partial charge in [-0.3, -0.25) is 4.55 Å². The molecule has 0 aromatic carbocycles. The summed E-state index contributed by atoms with van der Waals surface area (Å²) in [6, 6.07) is 0. The number of methoxy groups -OCH3 is 1. The van der Waals surface area contributed by atoms with E-state index in [9.17, 15) is 53.8 Å². The van der Waals surface area contributed by atoms with Crippen LogP contribution in [0.2, 0.25) is 0 Å². The zero-order valence-electron chi connectivity index (χ0n) is 38.7. The van der Waals surface area contributed by atoms with Crippen LogP contribution in [0.4, 0.5) is 0 Å². The summed E-state index contributed by atoms with van der Waals surface area (Å²) in [4.78, 5) is 0. The molecule has 6 fully saturated rings. The van der Waals surface area contributed by atoms with E-state index < -0.39 is 127 Å². The molecule has 3 saturated carbocycles. The zero-order valence-corrected chi connectivity index (χ0v) is 39.5. The minimum absolute atomic E-state index is 0.0426. The van der Waals surface area contributed by atoms with Crippen molar-refractivity contribution in [2.45, 2.75) is 204 Å². The topological polar surface area (TPSA) is 290 Å². The summed E-state index contributed by atoms with van der Waals surface area (Å²) in [5.74, 6) is 0.935. The molecule has 4 aliphatic carbocycles. The number of aliphatic hydroxyl groups excluding tert-OH is 8. The fourth-order valence-electron chi connectivity index (χ4n) is 13.1. The average molecular weight is 953 g/mol. The number of rotatable bonds is 15. The Morgan fingerprint density at radius 3 is 2.15 bits per heavy atom. The van der Waals surface area contributed by atoms with E-state index in [-0.39, 0.29) is 41.6 Å². The van der Waals surface area contributed by atoms with Crippen molar-refractivity contribution >= 4 is 10.4 Å². The Labute approximate surface area is 382 Å². The highest BCUT2D eigenvalue weighted by molar-refractivity contribution is 7.80. The Morgan fingerprint density at radius 1 is 0.815 bits per heavy atom. The third-order valence-electron chi connectivity index (χ3n) is 16.9. The maximum absolute atomic E-state index is 12.1. The molecule has 7 rings (SSSR count). The van der Waals surface area contributed by atoms with Gasteiger partial charge in [0.2, 0.25) is 0 Å². The normalized spacial score (nSPS) is 49.1. The smallest absolute Gasteiger partial charge is 0.394 e. The summed E-state index contributed by atoms with van der Waals surface area (Å²) >= 11 is 0. The monoisotopic (exact) mass is 952 g/mol. The SMILES string of the molecule is COC1C(O)C(C)OC(OC2C(OC3C(O)C(CO)OC(OC4CC5C(=CCC6(C)C(C(C)CCC(O)C(C)C)CCC56)C5(C)CCC(OS(=O)(=O)O)CC45)C3O)OCC(O)C2O)C1O. The first-order chi connectivity index (χ1) is 30.5. The molecule has 376 valence electrons. The second-order valence-corrected chi connectivity index (χ2v) is 22.1. The molecule has 3 saturated heterocycles. The van der Waals surface area contributed by atoms with Crippen LogP contribution in [0.3, 0.4) is 0 Å². The number of allylic oxidation sites excluding steroid dienone is 2. The molecule has 0 bridgehead atoms. The number of ether oxygens (including phenoxy) is 7. The van der Waals surface area contributed by atoms with Gasteiger partial charge in [0.1, 0.15) is 61.0 Å². The molecule has 0 spiro atoms. The second kappa shape index (κ2) is 20.4. The molecule has 65 heavy (non-hydrogen) atoms. The van der Waals surface area contributed by atoms with Crippen LogP contribution in [0.25, 0.3) is 0 Å². The zero-order chi connectivity index (χ0) is 47.5. The van der Waals surface area contributed by atoms with Crippen molar-refractivity contribution in [3.8, 4) is 0 Å². The van der Waals surface area contributed by atoms with E-state index in [1.165, 1.54) is 19.6 Å². The van der Waals surface area contributed by atoms with Crippen LogP contribution in [0, 0.1) is 46.3 Å². The van der Waals surface area contributed by atoms with Gasteiger partial charge in [-0.1, -0.05) is 46.3 Å². The van der Waals surface area contributed by atoms with Crippen LogP contribution in [-0.4, -0.2) is 178 Å². The summed E-state index contributed by atoms with van der Waals surface area (Å²) in [6.45, 7) is 11.3. The number of hydrogen-bond donors (Lipinski definition) is 9. The molecule has 0 amide bonds. The van der Waals surface area contributed by atoms with Crippen LogP contribution < -0.4 is 0 Å². The Balaban J connectivity index is 1.15. The van der Waals surface area contributed by atoms with E-state index in [1.54, 1.807) is 0 Å². The van der Waals surface area contributed by atoms with E-state index in [4.69, 9.17) is 37.3 Å². The van der Waals surface area contributed by atoms with Gasteiger partial charge < -0.3 is 74.0 Å². The van der Waals surface area contributed by atoms with Crippen molar-refractivity contribution in [2.24, 2.45) is 46.3 Å². The van der Waals surface area contributed by atoms with Crippen molar-refractivity contribution in [3.63, 3.8) is 0 Å². The minimum Gasteiger partial charge on any atom is -0.394 e. The standard InChI is InChI=1S/C45H76O19S/c1-20(2)29(47)11-8-21(3)25-9-10-26-24-17-31(28-16-23(64-65(54,55)56)12-14-45(28,6)27(24)13-15-44(25,26)5)60-42-37(53)39(35(51)32(18-46)61-42)62-43-40(34(50)30(48)19-58-43)63-41-36(52)38(57-7)33(49)22(4)59-41/h13,20-26,28-43,46-53H,8-12,14-19H2,1-7H3,(H,54,55,56). The number of hydrogen-bond acceptors (Lipinski definition) is 18. The van der Waals surface area contributed by atoms with Gasteiger partial charge in [0.25, 0.3) is 0 Å². The maximum Gasteiger partial charge on any atom is 0.397 e. The third kappa shape index (κ3) is 10.3. The van der Waals surface area contributed by atoms with Gasteiger partial charge in [-0.25, -0.2) is 4.18 Å². The lowest BCUT2D eigenvalue weighted by Crippen LogP contribution is -2.65. The first kappa shape index (κ1) is 51.8. The first-order valence-corrected chi connectivity index (χ1v) is 25.0. The first-order valence-electron chi connectivity index (χ1n) is 23.7. The van der Waals surface area contributed by atoms with Gasteiger partial charge in [0, 0.05) is 7.11 Å². The molecule has 19 nitrogen and oxygen atoms in total. The van der Waals surface area contributed by atoms with Crippen LogP contribution in [0.1, 0.15) is 99.3 Å². The molecule has 9 N–H and O–H groups in total. The molecule has 0 radical (unpaired) electrons. The summed E-state index contributed by atoms with van der Waals surface area (Å²) in [5, 5.41) is 88.0. The van der Waals surface area contributed by atoms with Crippen molar-refractivity contribution in [2.75, 3.05) is 20.3 Å². The lowest BCUT2D eigenvalue weighted by Gasteiger charge is -2.59. The number of aliphatic hydroxyl groups is 8. The van der Waals surface area contributed by atoms with Crippen LogP contribution >= 0.6 is 0 Å². The molecule has 20 heteroatoms. The third-order valence-corrected chi connectivity index (χ3v) is 17.4. The van der Waals surface area contributed by atoms with E-state index in [0.717, 1.165) is 32.1 Å². The molecular weight excluding hydrogens is 877 g/mol. The van der Waals surface area contributed by atoms with Gasteiger partial charge in [-0.05, 0) is 111 Å². The predicted octanol–water partition coefficient (Wildman–Crippen LogP) is 0.951. The lowest BCUT2D eigenvalue weighted by atomic mass is 9.47. The highest BCUT2D eigenvalue weighted by Gasteiger charge is 2.62. The quantitative estimate of drug-likeness (QED) is 0.0816. The van der Waals surface area contributed by atoms with E-state index in [2.05, 4.69) is 26.8 Å². The second-order valence-electron chi connectivity index (χ2n) is 21.0. The Hall–Kier alpha value is -0.990. The van der Waals surface area contributed by atoms with Gasteiger partial charge in [-0.15, -0.1) is 0 Å². The van der Waals surface area contributed by atoms with E-state index in [1.807, 2.05) is 13.8 Å². The van der Waals surface area contributed by atoms with E-state index >= 15 is 0 Å². The Kier molecular flexibility index (Phi) is 16.3. The Morgan fingerprint density at radius 2 is 1.49 bits per heavy atom. The van der Waals surface area contributed by atoms with Crippen molar-refractivity contribution in [1.29, 1.82) is 0 Å². The van der Waals surface area contributed by atoms with Gasteiger partial charge in [0.15, 0.2) is 18.9 Å². The Bertz CT molecular complexity index is 1740. The molecule has 3 aliphatic heterocycles. The fourth-order valence-corrected chi connectivity index (χ4v) is 13.6. The van der Waals surface area contributed by atoms with Gasteiger partial charge in [0.05, 0.1) is 37.6 Å². The molecule has 24 atom stereocenters. The van der Waals surface area contributed by atoms with Crippen LogP contribution in [0.15, 0.2) is 11.6 Å². The number of fused-ring (bicyclic) bond motifs is 5. The molecule has 0 aromatic rings. The maximum atomic E-state index is 12.1. The van der Waals surface area contributed by atoms with Crippen LogP contribution in [-0.2, 0) is 47.7 Å². The molecule has 7 aliphatic rings. The summed E-state index contributed by atoms with van der Waals surface area (Å²) < 4.78 is 80.8.